The Kier molecular flexibility index (Phi) is 5.54. The van der Waals surface area contributed by atoms with Gasteiger partial charge in [-0.1, -0.05) is 0 Å². The van der Waals surface area contributed by atoms with Gasteiger partial charge in [0.05, 0.1) is 0 Å². The highest BCUT2D eigenvalue weighted by atomic mass is 16.2. The van der Waals surface area contributed by atoms with Crippen LogP contribution >= 0.6 is 0 Å². The molecule has 24 heavy (non-hydrogen) atoms. The predicted octanol–water partition coefficient (Wildman–Crippen LogP) is 1.87. The molecule has 2 fully saturated rings. The molecular formula is C18H31N5O. The summed E-state index contributed by atoms with van der Waals surface area (Å²) >= 11 is 0. The lowest BCUT2D eigenvalue weighted by Gasteiger charge is -2.38. The zero-order valence-electron chi connectivity index (χ0n) is 15.4. The average molecular weight is 333 g/mol. The molecule has 1 aromatic heterocycles. The first kappa shape index (κ1) is 17.4. The molecule has 1 aromatic rings. The number of piperidine rings is 2. The number of aryl methyl sites for hydroxylation is 2. The highest BCUT2D eigenvalue weighted by Crippen LogP contribution is 2.23. The van der Waals surface area contributed by atoms with Gasteiger partial charge in [-0.15, -0.1) is 0 Å². The normalized spacial score (nSPS) is 23.6. The van der Waals surface area contributed by atoms with E-state index in [0.717, 1.165) is 50.0 Å². The molecule has 1 amide bonds. The fraction of sp³-hybridized carbons (Fsp3) is 0.833. The summed E-state index contributed by atoms with van der Waals surface area (Å²) in [6.07, 6.45) is 4.88. The Labute approximate surface area is 145 Å². The third-order valence-corrected chi connectivity index (χ3v) is 5.57. The van der Waals surface area contributed by atoms with Crippen molar-refractivity contribution in [1.82, 2.24) is 24.6 Å². The van der Waals surface area contributed by atoms with Crippen molar-refractivity contribution in [2.45, 2.75) is 53.0 Å². The van der Waals surface area contributed by atoms with E-state index in [-0.39, 0.29) is 5.91 Å². The average Bonchev–Trinajstić information content (AvgIpc) is 2.86. The summed E-state index contributed by atoms with van der Waals surface area (Å²) in [7, 11) is 0. The summed E-state index contributed by atoms with van der Waals surface area (Å²) in [5.74, 6) is 3.55. The van der Waals surface area contributed by atoms with E-state index >= 15 is 0 Å². The lowest BCUT2D eigenvalue weighted by atomic mass is 9.93. The van der Waals surface area contributed by atoms with Gasteiger partial charge in [0.15, 0.2) is 0 Å². The van der Waals surface area contributed by atoms with Gasteiger partial charge in [-0.05, 0) is 57.9 Å². The summed E-state index contributed by atoms with van der Waals surface area (Å²) in [5, 5.41) is 4.52. The van der Waals surface area contributed by atoms with Crippen molar-refractivity contribution in [2.24, 2.45) is 11.8 Å². The maximum absolute atomic E-state index is 11.4. The van der Waals surface area contributed by atoms with Gasteiger partial charge in [0.1, 0.15) is 11.6 Å². The molecule has 6 heteroatoms. The smallest absolute Gasteiger partial charge is 0.219 e. The van der Waals surface area contributed by atoms with Gasteiger partial charge in [0.2, 0.25) is 5.91 Å². The van der Waals surface area contributed by atoms with Crippen LogP contribution in [0, 0.1) is 25.7 Å². The molecule has 2 aliphatic heterocycles. The van der Waals surface area contributed by atoms with E-state index in [9.17, 15) is 4.79 Å². The molecule has 0 spiro atoms. The van der Waals surface area contributed by atoms with Crippen molar-refractivity contribution in [2.75, 3.05) is 32.7 Å². The van der Waals surface area contributed by atoms with Gasteiger partial charge in [0.25, 0.3) is 0 Å². The number of likely N-dealkylation sites (tertiary alicyclic amines) is 2. The van der Waals surface area contributed by atoms with E-state index in [0.29, 0.717) is 5.92 Å². The molecule has 2 saturated heterocycles. The second-order valence-corrected chi connectivity index (χ2v) is 7.61. The largest absolute Gasteiger partial charge is 0.343 e. The minimum atomic E-state index is 0.227. The molecular weight excluding hydrogens is 302 g/mol. The Balaban J connectivity index is 1.47. The van der Waals surface area contributed by atoms with E-state index in [1.54, 1.807) is 6.92 Å². The molecule has 0 N–H and O–H groups in total. The van der Waals surface area contributed by atoms with Crippen LogP contribution in [0.3, 0.4) is 0 Å². The minimum Gasteiger partial charge on any atom is -0.343 e. The summed E-state index contributed by atoms with van der Waals surface area (Å²) in [6, 6.07) is 0. The van der Waals surface area contributed by atoms with Crippen LogP contribution < -0.4 is 0 Å². The first-order valence-electron chi connectivity index (χ1n) is 9.37. The van der Waals surface area contributed by atoms with Crippen LogP contribution in [0.2, 0.25) is 0 Å². The number of hydrogen-bond acceptors (Lipinski definition) is 4. The van der Waals surface area contributed by atoms with Crippen LogP contribution in [0.5, 0.6) is 0 Å². The number of amides is 1. The first-order chi connectivity index (χ1) is 11.5. The van der Waals surface area contributed by atoms with E-state index in [4.69, 9.17) is 0 Å². The molecule has 6 nitrogen and oxygen atoms in total. The predicted molar refractivity (Wildman–Crippen MR) is 93.6 cm³/mol. The highest BCUT2D eigenvalue weighted by Gasteiger charge is 2.26. The van der Waals surface area contributed by atoms with Crippen LogP contribution in [0.4, 0.5) is 0 Å². The standard InChI is InChI=1S/C18H31N5O/c1-14-19-15(2)23(20-14)13-18-5-4-8-21(12-18)11-17-6-9-22(10-7-17)16(3)24/h17-18H,4-13H2,1-3H3. The fourth-order valence-electron chi connectivity index (χ4n) is 4.24. The quantitative estimate of drug-likeness (QED) is 0.844. The second-order valence-electron chi connectivity index (χ2n) is 7.61. The molecule has 2 aliphatic rings. The molecule has 1 unspecified atom stereocenters. The van der Waals surface area contributed by atoms with Crippen molar-refractivity contribution < 1.29 is 4.79 Å². The number of carbonyl (C=O) groups is 1. The van der Waals surface area contributed by atoms with Crippen LogP contribution in [0.15, 0.2) is 0 Å². The summed E-state index contributed by atoms with van der Waals surface area (Å²) < 4.78 is 2.08. The van der Waals surface area contributed by atoms with Crippen LogP contribution in [0.1, 0.15) is 44.3 Å². The van der Waals surface area contributed by atoms with Gasteiger partial charge < -0.3 is 9.80 Å². The highest BCUT2D eigenvalue weighted by molar-refractivity contribution is 5.73. The molecule has 0 bridgehead atoms. The molecule has 3 heterocycles. The Morgan fingerprint density at radius 2 is 1.83 bits per heavy atom. The summed E-state index contributed by atoms with van der Waals surface area (Å²) in [4.78, 5) is 20.5. The molecule has 0 saturated carbocycles. The number of carbonyl (C=O) groups excluding carboxylic acids is 1. The van der Waals surface area contributed by atoms with Crippen molar-refractivity contribution >= 4 is 5.91 Å². The Morgan fingerprint density at radius 3 is 2.46 bits per heavy atom. The van der Waals surface area contributed by atoms with Crippen molar-refractivity contribution in [3.8, 4) is 0 Å². The number of hydrogen-bond donors (Lipinski definition) is 0. The molecule has 1 atom stereocenters. The third-order valence-electron chi connectivity index (χ3n) is 5.57. The molecule has 3 rings (SSSR count). The Hall–Kier alpha value is -1.43. The third kappa shape index (κ3) is 4.35. The van der Waals surface area contributed by atoms with Gasteiger partial charge in [-0.3, -0.25) is 4.79 Å². The summed E-state index contributed by atoms with van der Waals surface area (Å²) in [6.45, 7) is 12.1. The van der Waals surface area contributed by atoms with E-state index in [2.05, 4.69) is 19.7 Å². The molecule has 134 valence electrons. The van der Waals surface area contributed by atoms with Gasteiger partial charge in [-0.2, -0.15) is 5.10 Å². The van der Waals surface area contributed by atoms with E-state index in [1.165, 1.54) is 32.5 Å². The monoisotopic (exact) mass is 333 g/mol. The second kappa shape index (κ2) is 7.64. The zero-order valence-corrected chi connectivity index (χ0v) is 15.4. The van der Waals surface area contributed by atoms with E-state index in [1.807, 2.05) is 18.7 Å². The number of rotatable bonds is 4. The minimum absolute atomic E-state index is 0.227. The lowest BCUT2D eigenvalue weighted by Crippen LogP contribution is -2.44. The van der Waals surface area contributed by atoms with Crippen LogP contribution in [-0.4, -0.2) is 63.2 Å². The maximum Gasteiger partial charge on any atom is 0.219 e. The number of nitrogens with zero attached hydrogens (tertiary/aromatic N) is 5. The maximum atomic E-state index is 11.4. The molecule has 0 aromatic carbocycles. The topological polar surface area (TPSA) is 54.3 Å². The fourth-order valence-corrected chi connectivity index (χ4v) is 4.24. The number of aromatic nitrogens is 3. The Morgan fingerprint density at radius 1 is 1.08 bits per heavy atom. The molecule has 0 aliphatic carbocycles. The van der Waals surface area contributed by atoms with Crippen molar-refractivity contribution in [3.05, 3.63) is 11.6 Å². The van der Waals surface area contributed by atoms with Crippen LogP contribution in [-0.2, 0) is 11.3 Å². The lowest BCUT2D eigenvalue weighted by molar-refractivity contribution is -0.130. The van der Waals surface area contributed by atoms with Crippen LogP contribution in [0.25, 0.3) is 0 Å². The Bertz CT molecular complexity index is 562. The van der Waals surface area contributed by atoms with Gasteiger partial charge in [0, 0.05) is 39.6 Å². The van der Waals surface area contributed by atoms with Crippen molar-refractivity contribution in [3.63, 3.8) is 0 Å². The summed E-state index contributed by atoms with van der Waals surface area (Å²) in [5.41, 5.74) is 0. The van der Waals surface area contributed by atoms with Crippen molar-refractivity contribution in [1.29, 1.82) is 0 Å². The van der Waals surface area contributed by atoms with E-state index < -0.39 is 0 Å². The zero-order chi connectivity index (χ0) is 17.1. The van der Waals surface area contributed by atoms with Gasteiger partial charge >= 0.3 is 0 Å². The first-order valence-corrected chi connectivity index (χ1v) is 9.37. The van der Waals surface area contributed by atoms with Gasteiger partial charge in [-0.25, -0.2) is 9.67 Å². The molecule has 0 radical (unpaired) electrons. The SMILES string of the molecule is CC(=O)N1CCC(CN2CCCC(Cn3nc(C)nc3C)C2)CC1.